The number of hydrogen-bond donors (Lipinski definition) is 2. The van der Waals surface area contributed by atoms with Crippen molar-refractivity contribution in [3.05, 3.63) is 22.9 Å². The summed E-state index contributed by atoms with van der Waals surface area (Å²) in [6.07, 6.45) is 2.76. The van der Waals surface area contributed by atoms with E-state index in [1.165, 1.54) is 6.92 Å². The van der Waals surface area contributed by atoms with Crippen LogP contribution in [0, 0.1) is 0 Å². The van der Waals surface area contributed by atoms with E-state index in [0.717, 1.165) is 6.42 Å². The molecule has 2 N–H and O–H groups in total. The first-order valence-corrected chi connectivity index (χ1v) is 5.90. The van der Waals surface area contributed by atoms with Gasteiger partial charge in [0.1, 0.15) is 10.2 Å². The molecule has 0 bridgehead atoms. The highest BCUT2D eigenvalue weighted by molar-refractivity contribution is 9.10. The van der Waals surface area contributed by atoms with Crippen LogP contribution in [0.1, 0.15) is 26.7 Å². The predicted molar refractivity (Wildman–Crippen MR) is 66.1 cm³/mol. The maximum absolute atomic E-state index is 11.7. The lowest BCUT2D eigenvalue weighted by atomic mass is 10.00. The normalized spacial score (nSPS) is 14.2. The fourth-order valence-corrected chi connectivity index (χ4v) is 1.71. The zero-order valence-electron chi connectivity index (χ0n) is 9.33. The van der Waals surface area contributed by atoms with Crippen molar-refractivity contribution in [1.29, 1.82) is 0 Å². The molecule has 0 saturated carbocycles. The van der Waals surface area contributed by atoms with E-state index in [1.54, 1.807) is 18.3 Å². The van der Waals surface area contributed by atoms with Gasteiger partial charge in [0.25, 0.3) is 5.91 Å². The van der Waals surface area contributed by atoms with Crippen LogP contribution < -0.4 is 5.32 Å². The van der Waals surface area contributed by atoms with Gasteiger partial charge >= 0.3 is 0 Å². The van der Waals surface area contributed by atoms with Crippen LogP contribution in [0.15, 0.2) is 22.9 Å². The number of anilines is 1. The molecule has 0 aliphatic heterocycles. The van der Waals surface area contributed by atoms with E-state index in [2.05, 4.69) is 26.2 Å². The van der Waals surface area contributed by atoms with Gasteiger partial charge in [-0.1, -0.05) is 13.3 Å². The van der Waals surface area contributed by atoms with Gasteiger partial charge in [0.15, 0.2) is 0 Å². The first kappa shape index (κ1) is 13.1. The molecule has 1 heterocycles. The second kappa shape index (κ2) is 5.41. The first-order valence-electron chi connectivity index (χ1n) is 5.11. The van der Waals surface area contributed by atoms with E-state index in [0.29, 0.717) is 16.7 Å². The molecule has 1 rings (SSSR count). The highest BCUT2D eigenvalue weighted by atomic mass is 79.9. The summed E-state index contributed by atoms with van der Waals surface area (Å²) >= 11 is 3.21. The largest absolute Gasteiger partial charge is 0.380 e. The fourth-order valence-electron chi connectivity index (χ4n) is 1.35. The summed E-state index contributed by atoms with van der Waals surface area (Å²) in [6.45, 7) is 3.44. The summed E-state index contributed by atoms with van der Waals surface area (Å²) in [5.74, 6) is -0.396. The van der Waals surface area contributed by atoms with Crippen LogP contribution in [0.4, 0.5) is 5.69 Å². The van der Waals surface area contributed by atoms with E-state index in [-0.39, 0.29) is 0 Å². The number of carbonyl (C=O) groups is 1. The van der Waals surface area contributed by atoms with Gasteiger partial charge in [-0.2, -0.15) is 0 Å². The lowest BCUT2D eigenvalue weighted by molar-refractivity contribution is -0.133. The second-order valence-corrected chi connectivity index (χ2v) is 4.66. The van der Waals surface area contributed by atoms with Gasteiger partial charge in [0.05, 0.1) is 0 Å². The standard InChI is InChI=1S/C11H15BrN2O2/c1-3-5-11(2,16)10(15)14-8-4-6-13-9(12)7-8/h4,6-7,16H,3,5H2,1-2H3,(H,13,14,15)/t11-/m1/s1. The molecule has 0 aliphatic carbocycles. The lowest BCUT2D eigenvalue weighted by Crippen LogP contribution is -2.39. The second-order valence-electron chi connectivity index (χ2n) is 3.85. The number of aromatic nitrogens is 1. The minimum Gasteiger partial charge on any atom is -0.380 e. The van der Waals surface area contributed by atoms with Crippen LogP contribution in [-0.4, -0.2) is 21.6 Å². The van der Waals surface area contributed by atoms with Crippen LogP contribution in [0.25, 0.3) is 0 Å². The fraction of sp³-hybridized carbons (Fsp3) is 0.455. The lowest BCUT2D eigenvalue weighted by Gasteiger charge is -2.21. The molecule has 0 unspecified atom stereocenters. The summed E-state index contributed by atoms with van der Waals surface area (Å²) in [7, 11) is 0. The molecule has 88 valence electrons. The average Bonchev–Trinajstić information content (AvgIpc) is 2.17. The van der Waals surface area contributed by atoms with Crippen LogP contribution in [0.2, 0.25) is 0 Å². The van der Waals surface area contributed by atoms with Crippen molar-refractivity contribution < 1.29 is 9.90 Å². The van der Waals surface area contributed by atoms with Gasteiger partial charge < -0.3 is 10.4 Å². The van der Waals surface area contributed by atoms with Crippen molar-refractivity contribution in [2.24, 2.45) is 0 Å². The van der Waals surface area contributed by atoms with E-state index >= 15 is 0 Å². The number of nitrogens with one attached hydrogen (secondary N) is 1. The third-order valence-electron chi connectivity index (χ3n) is 2.21. The highest BCUT2D eigenvalue weighted by Crippen LogP contribution is 2.17. The SMILES string of the molecule is CCC[C@@](C)(O)C(=O)Nc1ccnc(Br)c1. The zero-order chi connectivity index (χ0) is 12.2. The van der Waals surface area contributed by atoms with Crippen LogP contribution >= 0.6 is 15.9 Å². The van der Waals surface area contributed by atoms with Crippen molar-refractivity contribution in [3.63, 3.8) is 0 Å². The Kier molecular flexibility index (Phi) is 4.44. The molecule has 0 aliphatic rings. The first-order chi connectivity index (χ1) is 7.45. The maximum Gasteiger partial charge on any atom is 0.256 e. The van der Waals surface area contributed by atoms with Gasteiger partial charge in [-0.15, -0.1) is 0 Å². The Hall–Kier alpha value is -0.940. The van der Waals surface area contributed by atoms with E-state index in [4.69, 9.17) is 0 Å². The maximum atomic E-state index is 11.7. The minimum absolute atomic E-state index is 0.396. The average molecular weight is 287 g/mol. The number of amides is 1. The number of carbonyl (C=O) groups excluding carboxylic acids is 1. The highest BCUT2D eigenvalue weighted by Gasteiger charge is 2.28. The Bertz CT molecular complexity index is 380. The van der Waals surface area contributed by atoms with Gasteiger partial charge in [-0.3, -0.25) is 4.79 Å². The summed E-state index contributed by atoms with van der Waals surface area (Å²) in [6, 6.07) is 3.35. The Morgan fingerprint density at radius 2 is 2.38 bits per heavy atom. The number of halogens is 1. The molecule has 0 radical (unpaired) electrons. The van der Waals surface area contributed by atoms with Crippen molar-refractivity contribution in [3.8, 4) is 0 Å². The summed E-state index contributed by atoms with van der Waals surface area (Å²) in [5, 5.41) is 12.5. The molecule has 0 aromatic carbocycles. The predicted octanol–water partition coefficient (Wildman–Crippen LogP) is 2.33. The van der Waals surface area contributed by atoms with Crippen molar-refractivity contribution in [2.75, 3.05) is 5.32 Å². The van der Waals surface area contributed by atoms with Crippen LogP contribution in [-0.2, 0) is 4.79 Å². The van der Waals surface area contributed by atoms with Gasteiger partial charge in [-0.25, -0.2) is 4.98 Å². The number of aliphatic hydroxyl groups is 1. The van der Waals surface area contributed by atoms with E-state index in [9.17, 15) is 9.90 Å². The number of hydrogen-bond acceptors (Lipinski definition) is 3. The Morgan fingerprint density at radius 3 is 2.94 bits per heavy atom. The third-order valence-corrected chi connectivity index (χ3v) is 2.64. The molecule has 0 spiro atoms. The van der Waals surface area contributed by atoms with Crippen molar-refractivity contribution in [2.45, 2.75) is 32.3 Å². The van der Waals surface area contributed by atoms with E-state index < -0.39 is 11.5 Å². The zero-order valence-corrected chi connectivity index (χ0v) is 10.9. The monoisotopic (exact) mass is 286 g/mol. The third kappa shape index (κ3) is 3.57. The summed E-state index contributed by atoms with van der Waals surface area (Å²) in [5.41, 5.74) is -0.715. The molecule has 4 nitrogen and oxygen atoms in total. The smallest absolute Gasteiger partial charge is 0.256 e. The molecule has 0 saturated heterocycles. The molecular weight excluding hydrogens is 272 g/mol. The molecule has 1 amide bonds. The molecule has 1 aromatic heterocycles. The molecule has 1 aromatic rings. The quantitative estimate of drug-likeness (QED) is 0.835. The Labute approximate surface area is 103 Å². The summed E-state index contributed by atoms with van der Waals surface area (Å²) < 4.78 is 0.639. The number of pyridine rings is 1. The summed E-state index contributed by atoms with van der Waals surface area (Å²) in [4.78, 5) is 15.7. The topological polar surface area (TPSA) is 62.2 Å². The van der Waals surface area contributed by atoms with Crippen LogP contribution in [0.3, 0.4) is 0 Å². The van der Waals surface area contributed by atoms with Gasteiger partial charge in [-0.05, 0) is 41.4 Å². The van der Waals surface area contributed by atoms with Crippen molar-refractivity contribution in [1.82, 2.24) is 4.98 Å². The van der Waals surface area contributed by atoms with Crippen molar-refractivity contribution >= 4 is 27.5 Å². The minimum atomic E-state index is -1.33. The van der Waals surface area contributed by atoms with E-state index in [1.807, 2.05) is 6.92 Å². The molecule has 1 atom stereocenters. The van der Waals surface area contributed by atoms with Crippen LogP contribution in [0.5, 0.6) is 0 Å². The molecular formula is C11H15BrN2O2. The Morgan fingerprint density at radius 1 is 1.69 bits per heavy atom. The number of nitrogens with zero attached hydrogens (tertiary/aromatic N) is 1. The molecule has 0 fully saturated rings. The molecule has 16 heavy (non-hydrogen) atoms. The molecule has 5 heteroatoms. The van der Waals surface area contributed by atoms with Gasteiger partial charge in [0.2, 0.25) is 0 Å². The Balaban J connectivity index is 2.71. The van der Waals surface area contributed by atoms with Gasteiger partial charge in [0, 0.05) is 11.9 Å². The number of rotatable bonds is 4.